The summed E-state index contributed by atoms with van der Waals surface area (Å²) in [5.74, 6) is 0.104. The van der Waals surface area contributed by atoms with Crippen LogP contribution in [0.3, 0.4) is 0 Å². The van der Waals surface area contributed by atoms with Crippen molar-refractivity contribution in [2.45, 2.75) is 19.0 Å². The molecule has 6 nitrogen and oxygen atoms in total. The molecule has 2 aromatic rings. The molecular formula is C21H26ClN5O. The number of nitriles is 1. The highest BCUT2D eigenvalue weighted by molar-refractivity contribution is 5.85. The van der Waals surface area contributed by atoms with Crippen LogP contribution in [0.4, 0.5) is 0 Å². The number of rotatable bonds is 6. The van der Waals surface area contributed by atoms with Crippen molar-refractivity contribution in [2.75, 3.05) is 32.7 Å². The number of hydrogen-bond donors (Lipinski definition) is 1. The van der Waals surface area contributed by atoms with E-state index in [1.165, 1.54) is 5.56 Å². The lowest BCUT2D eigenvalue weighted by Crippen LogP contribution is -2.51. The first-order valence-corrected chi connectivity index (χ1v) is 9.28. The van der Waals surface area contributed by atoms with E-state index in [4.69, 9.17) is 0 Å². The highest BCUT2D eigenvalue weighted by atomic mass is 35.5. The van der Waals surface area contributed by atoms with Crippen LogP contribution in [0, 0.1) is 11.3 Å². The number of halogens is 1. The fourth-order valence-electron chi connectivity index (χ4n) is 3.35. The van der Waals surface area contributed by atoms with E-state index in [1.54, 1.807) is 12.4 Å². The standard InChI is InChI=1S/C21H25N5O.ClH/c1-17(18-6-3-2-4-7-18)24-16-21(27)26-12-10-25(11-13-26)20(14-22)19-8-5-9-23-15-19;/h2-9,15,17,20,24H,10-13,16H2,1H3;1H. The lowest BCUT2D eigenvalue weighted by molar-refractivity contribution is -0.132. The lowest BCUT2D eigenvalue weighted by Gasteiger charge is -2.37. The van der Waals surface area contributed by atoms with E-state index in [0.717, 1.165) is 5.56 Å². The zero-order chi connectivity index (χ0) is 19.1. The Kier molecular flexibility index (Phi) is 8.40. The predicted molar refractivity (Wildman–Crippen MR) is 111 cm³/mol. The van der Waals surface area contributed by atoms with Crippen LogP contribution in [0.5, 0.6) is 0 Å². The summed E-state index contributed by atoms with van der Waals surface area (Å²) in [7, 11) is 0. The Morgan fingerprint density at radius 1 is 1.14 bits per heavy atom. The summed E-state index contributed by atoms with van der Waals surface area (Å²) >= 11 is 0. The molecule has 1 aromatic carbocycles. The second kappa shape index (κ2) is 10.8. The van der Waals surface area contributed by atoms with Gasteiger partial charge in [-0.3, -0.25) is 14.7 Å². The van der Waals surface area contributed by atoms with Crippen molar-refractivity contribution < 1.29 is 4.79 Å². The van der Waals surface area contributed by atoms with Gasteiger partial charge in [0.05, 0.1) is 12.6 Å². The Bertz CT molecular complexity index is 772. The molecule has 1 aromatic heterocycles. The highest BCUT2D eigenvalue weighted by Crippen LogP contribution is 2.20. The number of pyridine rings is 1. The summed E-state index contributed by atoms with van der Waals surface area (Å²) in [5.41, 5.74) is 2.07. The predicted octanol–water partition coefficient (Wildman–Crippen LogP) is 2.56. The number of carbonyl (C=O) groups excluding carboxylic acids is 1. The van der Waals surface area contributed by atoms with Gasteiger partial charge in [-0.15, -0.1) is 12.4 Å². The number of nitrogens with one attached hydrogen (secondary N) is 1. The van der Waals surface area contributed by atoms with Gasteiger partial charge in [0.2, 0.25) is 5.91 Å². The van der Waals surface area contributed by atoms with Gasteiger partial charge in [-0.2, -0.15) is 5.26 Å². The Hall–Kier alpha value is -2.46. The Morgan fingerprint density at radius 2 is 1.82 bits per heavy atom. The third kappa shape index (κ3) is 5.52. The van der Waals surface area contributed by atoms with Crippen LogP contribution in [0.1, 0.15) is 30.1 Å². The number of hydrogen-bond acceptors (Lipinski definition) is 5. The fourth-order valence-corrected chi connectivity index (χ4v) is 3.35. The maximum Gasteiger partial charge on any atom is 0.236 e. The third-order valence-electron chi connectivity index (χ3n) is 5.01. The minimum absolute atomic E-state index is 0. The van der Waals surface area contributed by atoms with Crippen LogP contribution < -0.4 is 5.32 Å². The number of nitrogens with zero attached hydrogens (tertiary/aromatic N) is 4. The summed E-state index contributed by atoms with van der Waals surface area (Å²) < 4.78 is 0. The van der Waals surface area contributed by atoms with Gasteiger partial charge in [-0.05, 0) is 18.6 Å². The molecule has 1 aliphatic rings. The van der Waals surface area contributed by atoms with Crippen LogP contribution in [0.15, 0.2) is 54.9 Å². The molecule has 2 heterocycles. The molecule has 148 valence electrons. The summed E-state index contributed by atoms with van der Waals surface area (Å²) in [4.78, 5) is 20.6. The Morgan fingerprint density at radius 3 is 2.43 bits per heavy atom. The zero-order valence-corrected chi connectivity index (χ0v) is 16.8. The molecule has 7 heteroatoms. The molecule has 3 rings (SSSR count). The normalized spacial score (nSPS) is 16.5. The fraction of sp³-hybridized carbons (Fsp3) is 0.381. The number of carbonyl (C=O) groups is 1. The van der Waals surface area contributed by atoms with Gasteiger partial charge >= 0.3 is 0 Å². The number of aromatic nitrogens is 1. The number of benzene rings is 1. The van der Waals surface area contributed by atoms with Crippen molar-refractivity contribution in [3.63, 3.8) is 0 Å². The minimum Gasteiger partial charge on any atom is -0.339 e. The van der Waals surface area contributed by atoms with Crippen LogP contribution in [0.2, 0.25) is 0 Å². The first kappa shape index (κ1) is 21.8. The molecular weight excluding hydrogens is 374 g/mol. The van der Waals surface area contributed by atoms with E-state index >= 15 is 0 Å². The van der Waals surface area contributed by atoms with E-state index in [2.05, 4.69) is 40.3 Å². The molecule has 1 aliphatic heterocycles. The highest BCUT2D eigenvalue weighted by Gasteiger charge is 2.27. The monoisotopic (exact) mass is 399 g/mol. The van der Waals surface area contributed by atoms with E-state index in [0.29, 0.717) is 32.7 Å². The second-order valence-corrected chi connectivity index (χ2v) is 6.75. The Labute approximate surface area is 172 Å². The summed E-state index contributed by atoms with van der Waals surface area (Å²) in [6, 6.07) is 16.1. The van der Waals surface area contributed by atoms with Crippen molar-refractivity contribution in [1.29, 1.82) is 5.26 Å². The average molecular weight is 400 g/mol. The van der Waals surface area contributed by atoms with Crippen LogP contribution >= 0.6 is 12.4 Å². The molecule has 0 aliphatic carbocycles. The smallest absolute Gasteiger partial charge is 0.236 e. The van der Waals surface area contributed by atoms with Crippen molar-refractivity contribution in [3.05, 3.63) is 66.0 Å². The Balaban J connectivity index is 0.00000280. The molecule has 0 bridgehead atoms. The van der Waals surface area contributed by atoms with Crippen molar-refractivity contribution in [3.8, 4) is 6.07 Å². The maximum absolute atomic E-state index is 12.5. The van der Waals surface area contributed by atoms with Crippen molar-refractivity contribution in [2.24, 2.45) is 0 Å². The van der Waals surface area contributed by atoms with E-state index in [9.17, 15) is 10.1 Å². The molecule has 1 fully saturated rings. The quantitative estimate of drug-likeness (QED) is 0.808. The molecule has 2 atom stereocenters. The largest absolute Gasteiger partial charge is 0.339 e. The first-order valence-electron chi connectivity index (χ1n) is 9.28. The summed E-state index contributed by atoms with van der Waals surface area (Å²) in [6.07, 6.45) is 3.44. The summed E-state index contributed by atoms with van der Waals surface area (Å²) in [5, 5.41) is 12.9. The minimum atomic E-state index is -0.313. The molecule has 1 N–H and O–H groups in total. The molecule has 2 unspecified atom stereocenters. The maximum atomic E-state index is 12.5. The van der Waals surface area contributed by atoms with Crippen molar-refractivity contribution >= 4 is 18.3 Å². The molecule has 0 saturated carbocycles. The van der Waals surface area contributed by atoms with E-state index < -0.39 is 0 Å². The van der Waals surface area contributed by atoms with Gasteiger partial charge in [-0.1, -0.05) is 36.4 Å². The molecule has 1 amide bonds. The van der Waals surface area contributed by atoms with Crippen LogP contribution in [0.25, 0.3) is 0 Å². The van der Waals surface area contributed by atoms with E-state index in [-0.39, 0.29) is 30.4 Å². The van der Waals surface area contributed by atoms with Gasteiger partial charge in [0, 0.05) is 50.2 Å². The van der Waals surface area contributed by atoms with E-state index in [1.807, 2.05) is 35.2 Å². The van der Waals surface area contributed by atoms with Gasteiger partial charge in [0.1, 0.15) is 6.04 Å². The lowest BCUT2D eigenvalue weighted by atomic mass is 10.1. The number of piperazine rings is 1. The van der Waals surface area contributed by atoms with Gasteiger partial charge in [0.15, 0.2) is 0 Å². The molecule has 28 heavy (non-hydrogen) atoms. The van der Waals surface area contributed by atoms with Crippen LogP contribution in [-0.2, 0) is 4.79 Å². The average Bonchev–Trinajstić information content (AvgIpc) is 2.74. The number of amides is 1. The summed E-state index contributed by atoms with van der Waals surface area (Å²) in [6.45, 7) is 5.03. The third-order valence-corrected chi connectivity index (χ3v) is 5.01. The van der Waals surface area contributed by atoms with Gasteiger partial charge in [-0.25, -0.2) is 0 Å². The molecule has 1 saturated heterocycles. The zero-order valence-electron chi connectivity index (χ0n) is 16.0. The SMILES string of the molecule is CC(NCC(=O)N1CCN(C(C#N)c2cccnc2)CC1)c1ccccc1.Cl. The van der Waals surface area contributed by atoms with Gasteiger partial charge < -0.3 is 10.2 Å². The molecule has 0 radical (unpaired) electrons. The molecule has 0 spiro atoms. The first-order chi connectivity index (χ1) is 13.2. The van der Waals surface area contributed by atoms with Crippen LogP contribution in [-0.4, -0.2) is 53.4 Å². The van der Waals surface area contributed by atoms with Crippen molar-refractivity contribution in [1.82, 2.24) is 20.1 Å². The second-order valence-electron chi connectivity index (χ2n) is 6.75. The van der Waals surface area contributed by atoms with Gasteiger partial charge in [0.25, 0.3) is 0 Å². The topological polar surface area (TPSA) is 72.3 Å².